The molecule has 6 nitrogen and oxygen atoms in total. The van der Waals surface area contributed by atoms with Crippen LogP contribution in [0.3, 0.4) is 0 Å². The Bertz CT molecular complexity index is 660. The molecule has 2 saturated carbocycles. The summed E-state index contributed by atoms with van der Waals surface area (Å²) in [4.78, 5) is 29.3. The van der Waals surface area contributed by atoms with Gasteiger partial charge in [0.2, 0.25) is 11.8 Å². The van der Waals surface area contributed by atoms with E-state index in [4.69, 9.17) is 0 Å². The van der Waals surface area contributed by atoms with Gasteiger partial charge in [-0.25, -0.2) is 4.39 Å². The average molecular weight is 421 g/mol. The van der Waals surface area contributed by atoms with E-state index in [9.17, 15) is 14.0 Å². The van der Waals surface area contributed by atoms with E-state index in [1.807, 2.05) is 4.90 Å². The lowest BCUT2D eigenvalue weighted by molar-refractivity contribution is -0.147. The van der Waals surface area contributed by atoms with E-state index < -0.39 is 6.17 Å². The molecular weight excluding hydrogens is 383 g/mol. The second kappa shape index (κ2) is 8.05. The average Bonchev–Trinajstić information content (AvgIpc) is 3.18. The smallest absolute Gasteiger partial charge is 0.237 e. The predicted octanol–water partition coefficient (Wildman–Crippen LogP) is 1.83. The van der Waals surface area contributed by atoms with Crippen LogP contribution in [0.2, 0.25) is 0 Å². The van der Waals surface area contributed by atoms with Gasteiger partial charge in [0, 0.05) is 56.1 Å². The minimum absolute atomic E-state index is 0.00621. The molecule has 2 aliphatic carbocycles. The number of piperazine rings is 1. The van der Waals surface area contributed by atoms with E-state index in [-0.39, 0.29) is 35.9 Å². The van der Waals surface area contributed by atoms with E-state index >= 15 is 0 Å². The molecule has 6 rings (SSSR count). The maximum atomic E-state index is 14.4. The van der Waals surface area contributed by atoms with Crippen molar-refractivity contribution in [2.75, 3.05) is 13.1 Å². The summed E-state index contributed by atoms with van der Waals surface area (Å²) in [6, 6.07) is 1.62. The van der Waals surface area contributed by atoms with Crippen LogP contribution in [-0.4, -0.2) is 77.1 Å². The molecule has 30 heavy (non-hydrogen) atoms. The number of hydrogen-bond acceptors (Lipinski definition) is 4. The third kappa shape index (κ3) is 3.66. The minimum Gasteiger partial charge on any atom is -0.352 e. The maximum Gasteiger partial charge on any atom is 0.237 e. The zero-order valence-corrected chi connectivity index (χ0v) is 18.4. The van der Waals surface area contributed by atoms with Crippen LogP contribution in [0, 0.1) is 11.8 Å². The molecule has 0 radical (unpaired) electrons. The van der Waals surface area contributed by atoms with Gasteiger partial charge in [0.1, 0.15) is 6.17 Å². The number of nitrogens with one attached hydrogen (secondary N) is 2. The molecule has 0 aromatic heterocycles. The Morgan fingerprint density at radius 2 is 1.77 bits per heavy atom. The molecule has 4 saturated heterocycles. The van der Waals surface area contributed by atoms with Crippen LogP contribution in [0.5, 0.6) is 0 Å². The Balaban J connectivity index is 1.15. The molecule has 6 fully saturated rings. The Labute approximate surface area is 179 Å². The number of carbonyl (C=O) groups is 2. The van der Waals surface area contributed by atoms with Gasteiger partial charge in [0.15, 0.2) is 0 Å². The van der Waals surface area contributed by atoms with Gasteiger partial charge < -0.3 is 15.5 Å². The molecule has 7 heteroatoms. The van der Waals surface area contributed by atoms with Crippen molar-refractivity contribution >= 4 is 11.8 Å². The summed E-state index contributed by atoms with van der Waals surface area (Å²) >= 11 is 0. The minimum atomic E-state index is -0.768. The van der Waals surface area contributed by atoms with Crippen molar-refractivity contribution in [2.24, 2.45) is 11.8 Å². The van der Waals surface area contributed by atoms with Crippen LogP contribution in [0.1, 0.15) is 65.2 Å². The molecular formula is C23H37FN4O2. The fraction of sp³-hybridized carbons (Fsp3) is 0.913. The topological polar surface area (TPSA) is 64.7 Å². The van der Waals surface area contributed by atoms with E-state index in [1.165, 1.54) is 12.8 Å². The normalized spacial score (nSPS) is 46.1. The molecule has 2 bridgehead atoms. The van der Waals surface area contributed by atoms with E-state index in [1.54, 1.807) is 6.92 Å². The fourth-order valence-electron chi connectivity index (χ4n) is 7.16. The summed E-state index contributed by atoms with van der Waals surface area (Å²) in [6.07, 6.45) is 6.98. The molecule has 6 aliphatic rings. The molecule has 168 valence electrons. The van der Waals surface area contributed by atoms with Gasteiger partial charge in [-0.1, -0.05) is 6.92 Å². The van der Waals surface area contributed by atoms with Crippen LogP contribution >= 0.6 is 0 Å². The monoisotopic (exact) mass is 420 g/mol. The lowest BCUT2D eigenvalue weighted by Gasteiger charge is -2.60. The van der Waals surface area contributed by atoms with Crippen LogP contribution in [0.15, 0.2) is 0 Å². The van der Waals surface area contributed by atoms with Crippen molar-refractivity contribution < 1.29 is 14.0 Å². The highest BCUT2D eigenvalue weighted by molar-refractivity contribution is 5.82. The van der Waals surface area contributed by atoms with Crippen molar-refractivity contribution in [1.29, 1.82) is 0 Å². The molecule has 4 aliphatic heterocycles. The lowest BCUT2D eigenvalue weighted by atomic mass is 9.77. The zero-order chi connectivity index (χ0) is 21.0. The molecule has 0 aromatic rings. The van der Waals surface area contributed by atoms with Crippen molar-refractivity contribution in [3.05, 3.63) is 0 Å². The van der Waals surface area contributed by atoms with Crippen molar-refractivity contribution in [2.45, 2.75) is 108 Å². The highest BCUT2D eigenvalue weighted by atomic mass is 19.1. The number of hydrogen-bond donors (Lipinski definition) is 2. The van der Waals surface area contributed by atoms with Crippen LogP contribution in [0.25, 0.3) is 0 Å². The van der Waals surface area contributed by atoms with Crippen molar-refractivity contribution in [3.8, 4) is 0 Å². The molecule has 0 spiro atoms. The van der Waals surface area contributed by atoms with Gasteiger partial charge in [-0.15, -0.1) is 0 Å². The number of halogens is 1. The predicted molar refractivity (Wildman–Crippen MR) is 113 cm³/mol. The van der Waals surface area contributed by atoms with Gasteiger partial charge in [-0.05, 0) is 57.3 Å². The van der Waals surface area contributed by atoms with Gasteiger partial charge in [-0.2, -0.15) is 0 Å². The Kier molecular flexibility index (Phi) is 5.55. The largest absolute Gasteiger partial charge is 0.352 e. The third-order valence-electron chi connectivity index (χ3n) is 8.76. The Morgan fingerprint density at radius 3 is 2.47 bits per heavy atom. The number of rotatable bonds is 3. The van der Waals surface area contributed by atoms with Gasteiger partial charge in [0.05, 0.1) is 6.04 Å². The number of alkyl halides is 1. The first-order chi connectivity index (χ1) is 14.4. The summed E-state index contributed by atoms with van der Waals surface area (Å²) in [5.41, 5.74) is 0. The van der Waals surface area contributed by atoms with Crippen molar-refractivity contribution in [3.63, 3.8) is 0 Å². The Hall–Kier alpha value is -1.21. The molecule has 2 N–H and O–H groups in total. The first-order valence-corrected chi connectivity index (χ1v) is 12.1. The standard InChI is InChI=1S/C23H37FN4O2/c1-13-6-7-20(24)19-10-21(26-22(13)19)23(30)25-15-4-3-5-16(8-15)28-17-9-18(28)12-27(11-17)14(2)29/h13,15-22,26H,3-12H2,1-2H3,(H,25,30). The van der Waals surface area contributed by atoms with E-state index in [2.05, 4.69) is 22.5 Å². The summed E-state index contributed by atoms with van der Waals surface area (Å²) < 4.78 is 14.4. The molecule has 9 atom stereocenters. The highest BCUT2D eigenvalue weighted by Crippen LogP contribution is 2.40. The zero-order valence-electron chi connectivity index (χ0n) is 18.4. The maximum absolute atomic E-state index is 14.4. The number of piperidine rings is 1. The number of carbonyl (C=O) groups excluding carboxylic acids is 2. The number of amides is 2. The van der Waals surface area contributed by atoms with Crippen LogP contribution < -0.4 is 10.6 Å². The summed E-state index contributed by atoms with van der Waals surface area (Å²) in [5, 5.41) is 6.78. The first kappa shape index (κ1) is 20.7. The van der Waals surface area contributed by atoms with Crippen molar-refractivity contribution in [1.82, 2.24) is 20.4 Å². The molecule has 9 unspecified atom stereocenters. The first-order valence-electron chi connectivity index (χ1n) is 12.1. The summed E-state index contributed by atoms with van der Waals surface area (Å²) in [7, 11) is 0. The summed E-state index contributed by atoms with van der Waals surface area (Å²) in [5.74, 6) is 0.696. The van der Waals surface area contributed by atoms with E-state index in [0.717, 1.165) is 38.8 Å². The summed E-state index contributed by atoms with van der Waals surface area (Å²) in [6.45, 7) is 5.56. The second-order valence-electron chi connectivity index (χ2n) is 10.7. The highest BCUT2D eigenvalue weighted by Gasteiger charge is 2.49. The van der Waals surface area contributed by atoms with Crippen LogP contribution in [-0.2, 0) is 9.59 Å². The Morgan fingerprint density at radius 1 is 1.00 bits per heavy atom. The lowest BCUT2D eigenvalue weighted by Crippen LogP contribution is -2.72. The molecule has 0 aromatic carbocycles. The molecule has 4 heterocycles. The van der Waals surface area contributed by atoms with E-state index in [0.29, 0.717) is 36.9 Å². The third-order valence-corrected chi connectivity index (χ3v) is 8.76. The van der Waals surface area contributed by atoms with Gasteiger partial charge in [0.25, 0.3) is 0 Å². The fourth-order valence-corrected chi connectivity index (χ4v) is 7.16. The van der Waals surface area contributed by atoms with Crippen LogP contribution in [0.4, 0.5) is 4.39 Å². The van der Waals surface area contributed by atoms with Gasteiger partial charge >= 0.3 is 0 Å². The SMILES string of the molecule is CC(=O)N1CC2CC(C1)N2C1CCCC(NC(=O)C2CC3C(F)CCC(C)C3N2)C1. The number of fused-ring (bicyclic) bond motifs is 3. The molecule has 2 amide bonds. The van der Waals surface area contributed by atoms with Gasteiger partial charge in [-0.3, -0.25) is 14.5 Å². The number of nitrogens with zero attached hydrogens (tertiary/aromatic N) is 2. The quantitative estimate of drug-likeness (QED) is 0.731. The second-order valence-corrected chi connectivity index (χ2v) is 10.7.